The Morgan fingerprint density at radius 1 is 0.588 bits per heavy atom. The lowest BCUT2D eigenvalue weighted by molar-refractivity contribution is -0.145. The standard InChI is InChI=1S/C44H86N2O5/c1-4-6-8-10-12-13-14-16-27-39-50-43(48)31-23-18-25-33-45(35-36-46(37-38-47)42-29-21-17-22-30-42)34-26-19-24-32-44(49)51-40-41(3)28-20-15-11-9-7-5-2/h41-42,47H,4-40H2,1-3H3. The van der Waals surface area contributed by atoms with Gasteiger partial charge in [0.05, 0.1) is 19.8 Å². The molecule has 1 N–H and O–H groups in total. The normalized spacial score (nSPS) is 14.4. The maximum absolute atomic E-state index is 12.4. The minimum Gasteiger partial charge on any atom is -0.466 e. The Morgan fingerprint density at radius 3 is 1.67 bits per heavy atom. The number of aliphatic hydroxyl groups is 1. The highest BCUT2D eigenvalue weighted by Crippen LogP contribution is 2.22. The molecule has 0 spiro atoms. The average Bonchev–Trinajstić information content (AvgIpc) is 3.14. The number of hydrogen-bond acceptors (Lipinski definition) is 7. The van der Waals surface area contributed by atoms with Crippen LogP contribution in [0.15, 0.2) is 0 Å². The van der Waals surface area contributed by atoms with Crippen molar-refractivity contribution in [3.63, 3.8) is 0 Å². The SMILES string of the molecule is CCCCCCCCCCCOC(=O)CCCCCN(CCCCCC(=O)OCC(C)CCCCCCCC)CCN(CCO)C1CCCCC1. The van der Waals surface area contributed by atoms with Gasteiger partial charge in [-0.3, -0.25) is 14.5 Å². The van der Waals surface area contributed by atoms with Crippen LogP contribution < -0.4 is 0 Å². The van der Waals surface area contributed by atoms with E-state index in [2.05, 4.69) is 30.6 Å². The quantitative estimate of drug-likeness (QED) is 0.0505. The fourth-order valence-electron chi connectivity index (χ4n) is 7.55. The zero-order valence-corrected chi connectivity index (χ0v) is 34.3. The maximum atomic E-state index is 12.4. The molecule has 0 bridgehead atoms. The summed E-state index contributed by atoms with van der Waals surface area (Å²) in [6.07, 6.45) is 33.9. The first-order chi connectivity index (χ1) is 25.0. The number of carbonyl (C=O) groups is 2. The Labute approximate surface area is 316 Å². The molecule has 1 saturated carbocycles. The van der Waals surface area contributed by atoms with Crippen molar-refractivity contribution in [3.05, 3.63) is 0 Å². The molecule has 1 fully saturated rings. The second kappa shape index (κ2) is 35.8. The summed E-state index contributed by atoms with van der Waals surface area (Å²) in [5, 5.41) is 9.77. The molecule has 1 unspecified atom stereocenters. The summed E-state index contributed by atoms with van der Waals surface area (Å²) in [7, 11) is 0. The molecule has 7 heteroatoms. The molecule has 0 saturated heterocycles. The molecular weight excluding hydrogens is 636 g/mol. The molecule has 0 aromatic rings. The molecule has 0 heterocycles. The Balaban J connectivity index is 2.30. The van der Waals surface area contributed by atoms with Gasteiger partial charge in [-0.15, -0.1) is 0 Å². The van der Waals surface area contributed by atoms with Crippen molar-refractivity contribution in [1.29, 1.82) is 0 Å². The number of rotatable bonds is 37. The first-order valence-corrected chi connectivity index (χ1v) is 22.4. The van der Waals surface area contributed by atoms with Gasteiger partial charge in [-0.25, -0.2) is 0 Å². The maximum Gasteiger partial charge on any atom is 0.305 e. The van der Waals surface area contributed by atoms with Crippen LogP contribution in [-0.4, -0.2) is 85.4 Å². The minimum atomic E-state index is -0.0412. The van der Waals surface area contributed by atoms with Crippen LogP contribution in [0, 0.1) is 5.92 Å². The zero-order chi connectivity index (χ0) is 37.0. The first-order valence-electron chi connectivity index (χ1n) is 22.4. The van der Waals surface area contributed by atoms with Crippen molar-refractivity contribution >= 4 is 11.9 Å². The molecule has 7 nitrogen and oxygen atoms in total. The molecule has 0 aliphatic heterocycles. The molecule has 51 heavy (non-hydrogen) atoms. The summed E-state index contributed by atoms with van der Waals surface area (Å²) in [6, 6.07) is 0.605. The van der Waals surface area contributed by atoms with E-state index < -0.39 is 0 Å². The highest BCUT2D eigenvalue weighted by molar-refractivity contribution is 5.69. The van der Waals surface area contributed by atoms with E-state index in [1.165, 1.54) is 116 Å². The molecule has 0 aromatic carbocycles. The van der Waals surface area contributed by atoms with Gasteiger partial charge in [0, 0.05) is 38.5 Å². The van der Waals surface area contributed by atoms with Crippen molar-refractivity contribution in [2.24, 2.45) is 5.92 Å². The average molecular weight is 723 g/mol. The monoisotopic (exact) mass is 723 g/mol. The lowest BCUT2D eigenvalue weighted by Gasteiger charge is -2.35. The highest BCUT2D eigenvalue weighted by atomic mass is 16.5. The Bertz CT molecular complexity index is 775. The molecule has 0 aromatic heterocycles. The Hall–Kier alpha value is -1.18. The lowest BCUT2D eigenvalue weighted by atomic mass is 9.94. The van der Waals surface area contributed by atoms with Crippen LogP contribution in [-0.2, 0) is 19.1 Å². The number of carbonyl (C=O) groups excluding carboxylic acids is 2. The predicted octanol–water partition coefficient (Wildman–Crippen LogP) is 11.0. The molecule has 1 atom stereocenters. The minimum absolute atomic E-state index is 0.0377. The summed E-state index contributed by atoms with van der Waals surface area (Å²) >= 11 is 0. The van der Waals surface area contributed by atoms with Gasteiger partial charge in [-0.05, 0) is 70.4 Å². The van der Waals surface area contributed by atoms with Gasteiger partial charge >= 0.3 is 11.9 Å². The van der Waals surface area contributed by atoms with E-state index in [0.29, 0.717) is 38.0 Å². The van der Waals surface area contributed by atoms with Crippen molar-refractivity contribution in [3.8, 4) is 0 Å². The summed E-state index contributed by atoms with van der Waals surface area (Å²) in [4.78, 5) is 29.8. The number of unbranched alkanes of at least 4 members (excludes halogenated alkanes) is 17. The van der Waals surface area contributed by atoms with Crippen molar-refractivity contribution in [2.45, 2.75) is 213 Å². The van der Waals surface area contributed by atoms with Gasteiger partial charge in [0.25, 0.3) is 0 Å². The number of aliphatic hydroxyl groups excluding tert-OH is 1. The van der Waals surface area contributed by atoms with Gasteiger partial charge in [-0.1, -0.05) is 143 Å². The number of hydrogen-bond donors (Lipinski definition) is 1. The Morgan fingerprint density at radius 2 is 1.10 bits per heavy atom. The van der Waals surface area contributed by atoms with Crippen LogP contribution in [0.4, 0.5) is 0 Å². The van der Waals surface area contributed by atoms with Crippen LogP contribution in [0.25, 0.3) is 0 Å². The van der Waals surface area contributed by atoms with Crippen molar-refractivity contribution in [1.82, 2.24) is 9.80 Å². The number of esters is 2. The van der Waals surface area contributed by atoms with Crippen LogP contribution in [0.3, 0.4) is 0 Å². The fraction of sp³-hybridized carbons (Fsp3) is 0.955. The van der Waals surface area contributed by atoms with Crippen LogP contribution in [0.5, 0.6) is 0 Å². The summed E-state index contributed by atoms with van der Waals surface area (Å²) in [5.41, 5.74) is 0. The van der Waals surface area contributed by atoms with Gasteiger partial charge in [0.1, 0.15) is 0 Å². The van der Waals surface area contributed by atoms with E-state index in [4.69, 9.17) is 9.47 Å². The second-order valence-corrected chi connectivity index (χ2v) is 15.9. The fourth-order valence-corrected chi connectivity index (χ4v) is 7.55. The third-order valence-corrected chi connectivity index (χ3v) is 11.0. The van der Waals surface area contributed by atoms with E-state index in [9.17, 15) is 14.7 Å². The van der Waals surface area contributed by atoms with Gasteiger partial charge in [0.15, 0.2) is 0 Å². The van der Waals surface area contributed by atoms with Gasteiger partial charge in [-0.2, -0.15) is 0 Å². The largest absolute Gasteiger partial charge is 0.466 e. The molecule has 1 aliphatic carbocycles. The lowest BCUT2D eigenvalue weighted by Crippen LogP contribution is -2.43. The van der Waals surface area contributed by atoms with Crippen molar-refractivity contribution < 1.29 is 24.2 Å². The summed E-state index contributed by atoms with van der Waals surface area (Å²) in [6.45, 7) is 12.9. The van der Waals surface area contributed by atoms with E-state index >= 15 is 0 Å². The zero-order valence-electron chi connectivity index (χ0n) is 34.3. The smallest absolute Gasteiger partial charge is 0.305 e. The molecular formula is C44H86N2O5. The molecule has 0 radical (unpaired) electrons. The second-order valence-electron chi connectivity index (χ2n) is 15.9. The van der Waals surface area contributed by atoms with Gasteiger partial charge < -0.3 is 19.5 Å². The van der Waals surface area contributed by atoms with E-state index in [1.807, 2.05) is 0 Å². The third-order valence-electron chi connectivity index (χ3n) is 11.0. The highest BCUT2D eigenvalue weighted by Gasteiger charge is 2.21. The molecule has 302 valence electrons. The van der Waals surface area contributed by atoms with Crippen molar-refractivity contribution in [2.75, 3.05) is 52.5 Å². The van der Waals surface area contributed by atoms with Gasteiger partial charge in [0.2, 0.25) is 0 Å². The topological polar surface area (TPSA) is 79.3 Å². The third kappa shape index (κ3) is 29.9. The van der Waals surface area contributed by atoms with Crippen LogP contribution >= 0.6 is 0 Å². The molecule has 0 amide bonds. The molecule has 1 rings (SSSR count). The predicted molar refractivity (Wildman–Crippen MR) is 215 cm³/mol. The number of ether oxygens (including phenoxy) is 2. The number of nitrogens with zero attached hydrogens (tertiary/aromatic N) is 2. The first kappa shape index (κ1) is 47.8. The van der Waals surface area contributed by atoms with E-state index in [1.54, 1.807) is 0 Å². The Kier molecular flexibility index (Phi) is 33.6. The molecule has 1 aliphatic rings. The van der Waals surface area contributed by atoms with E-state index in [-0.39, 0.29) is 18.5 Å². The summed E-state index contributed by atoms with van der Waals surface area (Å²) in [5.74, 6) is 0.368. The van der Waals surface area contributed by atoms with E-state index in [0.717, 1.165) is 90.5 Å². The van der Waals surface area contributed by atoms with Crippen LogP contribution in [0.1, 0.15) is 207 Å². The van der Waals surface area contributed by atoms with Crippen LogP contribution in [0.2, 0.25) is 0 Å². The summed E-state index contributed by atoms with van der Waals surface area (Å²) < 4.78 is 11.1.